The summed E-state index contributed by atoms with van der Waals surface area (Å²) in [5.74, 6) is 5.64. The SMILES string of the molecule is C1CCC2C3NC(NC4NC(NC5NC(NC6NC(N3)C3CCCCC63)C3CCCCC53)C3CCCCC43)C2C1.N=C(N)N. The number of nitrogens with two attached hydrogens (primary N) is 2. The van der Waals surface area contributed by atoms with Crippen molar-refractivity contribution >= 4 is 5.96 Å². The molecule has 5 aliphatic heterocycles. The van der Waals surface area contributed by atoms with Crippen LogP contribution in [0, 0.1) is 52.8 Å². The summed E-state index contributed by atoms with van der Waals surface area (Å²) in [7, 11) is 0. The molecular formula is C33H61N11. The van der Waals surface area contributed by atoms with Crippen molar-refractivity contribution in [2.45, 2.75) is 152 Å². The Balaban J connectivity index is 0.000000684. The van der Waals surface area contributed by atoms with Gasteiger partial charge in [-0.1, -0.05) is 51.4 Å². The van der Waals surface area contributed by atoms with Crippen molar-refractivity contribution in [1.29, 1.82) is 5.41 Å². The summed E-state index contributed by atoms with van der Waals surface area (Å²) in [4.78, 5) is 0. The Morgan fingerprint density at radius 3 is 0.545 bits per heavy atom. The highest BCUT2D eigenvalue weighted by molar-refractivity contribution is 5.71. The van der Waals surface area contributed by atoms with Gasteiger partial charge < -0.3 is 11.5 Å². The minimum atomic E-state index is -0.333. The van der Waals surface area contributed by atoms with E-state index in [4.69, 9.17) is 5.41 Å². The highest BCUT2D eigenvalue weighted by atomic mass is 15.4. The standard InChI is InChI=1S/C32H56N8.CH5N3/c1-2-10-18-17(9-1)25-33-26(18)38-28-21-13-5-6-14-22(21)30(35-28)40-32-24-16-8-7-15-23(24)31(36-32)39-29-20-12-4-3-11-19(20)27(34-29)37-25;2-1(3)4/h17-40H,1-16H2;(H5,2,3,4). The van der Waals surface area contributed by atoms with Crippen LogP contribution in [0.1, 0.15) is 103 Å². The molecule has 5 heterocycles. The average Bonchev–Trinajstić information content (AvgIpc) is 3.76. The van der Waals surface area contributed by atoms with Crippen LogP contribution in [0.5, 0.6) is 0 Å². The van der Waals surface area contributed by atoms with Crippen molar-refractivity contribution in [3.63, 3.8) is 0 Å². The number of nitrogens with one attached hydrogen (secondary N) is 9. The smallest absolute Gasteiger partial charge is 0.183 e. The monoisotopic (exact) mass is 612 g/mol. The third-order valence-electron chi connectivity index (χ3n) is 13.8. The number of guanidine groups is 1. The van der Waals surface area contributed by atoms with E-state index in [1.807, 2.05) is 0 Å². The first kappa shape index (κ1) is 30.3. The first-order chi connectivity index (χ1) is 21.5. The molecule has 9 aliphatic rings. The molecule has 0 amide bonds. The lowest BCUT2D eigenvalue weighted by Gasteiger charge is -2.35. The van der Waals surface area contributed by atoms with Crippen LogP contribution in [0.25, 0.3) is 0 Å². The third kappa shape index (κ3) is 5.71. The molecule has 4 saturated carbocycles. The van der Waals surface area contributed by atoms with Gasteiger partial charge in [0.05, 0.1) is 49.3 Å². The molecule has 0 aromatic carbocycles. The van der Waals surface area contributed by atoms with Gasteiger partial charge in [-0.2, -0.15) is 0 Å². The maximum Gasteiger partial charge on any atom is 0.183 e. The Labute approximate surface area is 264 Å². The van der Waals surface area contributed by atoms with Gasteiger partial charge in [0.25, 0.3) is 0 Å². The molecule has 9 rings (SSSR count). The molecule has 5 saturated heterocycles. The van der Waals surface area contributed by atoms with Crippen LogP contribution in [-0.2, 0) is 0 Å². The highest BCUT2D eigenvalue weighted by Gasteiger charge is 2.54. The van der Waals surface area contributed by atoms with Gasteiger partial charge in [-0.25, -0.2) is 0 Å². The fourth-order valence-corrected chi connectivity index (χ4v) is 12.0. The third-order valence-corrected chi connectivity index (χ3v) is 13.8. The van der Waals surface area contributed by atoms with Gasteiger partial charge in [0, 0.05) is 0 Å². The molecule has 0 radical (unpaired) electrons. The number of hydrogen-bond acceptors (Lipinski definition) is 9. The Kier molecular flexibility index (Phi) is 8.86. The second-order valence-electron chi connectivity index (χ2n) is 16.1. The molecule has 0 aromatic rings. The molecule has 11 nitrogen and oxygen atoms in total. The fraction of sp³-hybridized carbons (Fsp3) is 0.970. The molecule has 44 heavy (non-hydrogen) atoms. The molecule has 8 atom stereocenters. The molecule has 0 spiro atoms. The zero-order valence-corrected chi connectivity index (χ0v) is 26.7. The summed E-state index contributed by atoms with van der Waals surface area (Å²) in [5.41, 5.74) is 8.94. The Hall–Kier alpha value is -1.05. The summed E-state index contributed by atoms with van der Waals surface area (Å²) in [6, 6.07) is 0. The first-order valence-electron chi connectivity index (χ1n) is 18.7. The van der Waals surface area contributed by atoms with Gasteiger partial charge >= 0.3 is 0 Å². The van der Waals surface area contributed by atoms with Crippen LogP contribution in [0.15, 0.2) is 0 Å². The van der Waals surface area contributed by atoms with Gasteiger partial charge in [0.1, 0.15) is 0 Å². The number of rotatable bonds is 0. The zero-order chi connectivity index (χ0) is 29.8. The van der Waals surface area contributed by atoms with E-state index in [1.165, 1.54) is 103 Å². The normalized spacial score (nSPS) is 52.9. The van der Waals surface area contributed by atoms with Crippen molar-refractivity contribution < 1.29 is 0 Å². The maximum atomic E-state index is 6.06. The largest absolute Gasteiger partial charge is 0.370 e. The minimum absolute atomic E-state index is 0.333. The van der Waals surface area contributed by atoms with Crippen molar-refractivity contribution in [3.05, 3.63) is 0 Å². The fourth-order valence-electron chi connectivity index (χ4n) is 12.0. The van der Waals surface area contributed by atoms with Crippen LogP contribution in [0.3, 0.4) is 0 Å². The molecule has 13 N–H and O–H groups in total. The van der Waals surface area contributed by atoms with Gasteiger partial charge in [0.15, 0.2) is 5.96 Å². The molecule has 0 aromatic heterocycles. The second-order valence-corrected chi connectivity index (χ2v) is 16.1. The molecule has 248 valence electrons. The topological polar surface area (TPSA) is 172 Å². The number of hydrogen-bond donors (Lipinski definition) is 11. The van der Waals surface area contributed by atoms with E-state index in [0.29, 0.717) is 49.3 Å². The van der Waals surface area contributed by atoms with E-state index in [-0.39, 0.29) is 5.96 Å². The molecule has 4 aliphatic carbocycles. The van der Waals surface area contributed by atoms with E-state index in [9.17, 15) is 0 Å². The van der Waals surface area contributed by atoms with Crippen molar-refractivity contribution in [2.75, 3.05) is 0 Å². The van der Waals surface area contributed by atoms with Gasteiger partial charge in [-0.15, -0.1) is 0 Å². The Morgan fingerprint density at radius 2 is 0.432 bits per heavy atom. The van der Waals surface area contributed by atoms with Crippen LogP contribution in [0.2, 0.25) is 0 Å². The maximum absolute atomic E-state index is 6.06. The van der Waals surface area contributed by atoms with Gasteiger partial charge in [-0.05, 0) is 98.7 Å². The number of fused-ring (bicyclic) bond motifs is 20. The minimum Gasteiger partial charge on any atom is -0.370 e. The molecule has 8 bridgehead atoms. The van der Waals surface area contributed by atoms with Crippen LogP contribution < -0.4 is 54.0 Å². The molecular weight excluding hydrogens is 550 g/mol. The molecule has 8 unspecified atom stereocenters. The first-order valence-corrected chi connectivity index (χ1v) is 18.7. The summed E-state index contributed by atoms with van der Waals surface area (Å²) in [6.07, 6.45) is 25.6. The second kappa shape index (κ2) is 12.9. The molecule has 11 heteroatoms. The summed E-state index contributed by atoms with van der Waals surface area (Å²) < 4.78 is 0. The lowest BCUT2D eigenvalue weighted by Crippen LogP contribution is -2.61. The van der Waals surface area contributed by atoms with Crippen LogP contribution in [0.4, 0.5) is 0 Å². The quantitative estimate of drug-likeness (QED) is 0.142. The Morgan fingerprint density at radius 1 is 0.318 bits per heavy atom. The zero-order valence-electron chi connectivity index (χ0n) is 26.7. The van der Waals surface area contributed by atoms with Gasteiger partial charge in [-0.3, -0.25) is 47.9 Å². The van der Waals surface area contributed by atoms with Crippen molar-refractivity contribution in [1.82, 2.24) is 42.5 Å². The lowest BCUT2D eigenvalue weighted by molar-refractivity contribution is 0.167. The van der Waals surface area contributed by atoms with Crippen molar-refractivity contribution in [2.24, 2.45) is 58.8 Å². The van der Waals surface area contributed by atoms with E-state index in [0.717, 1.165) is 47.3 Å². The predicted molar refractivity (Wildman–Crippen MR) is 173 cm³/mol. The average molecular weight is 612 g/mol. The Bertz CT molecular complexity index is 800. The van der Waals surface area contributed by atoms with Crippen LogP contribution >= 0.6 is 0 Å². The molecule has 9 fully saturated rings. The summed E-state index contributed by atoms with van der Waals surface area (Å²) in [5, 5.41) is 39.8. The van der Waals surface area contributed by atoms with E-state index in [1.54, 1.807) is 0 Å². The van der Waals surface area contributed by atoms with Crippen molar-refractivity contribution in [3.8, 4) is 0 Å². The highest BCUT2D eigenvalue weighted by Crippen LogP contribution is 2.45. The van der Waals surface area contributed by atoms with Gasteiger partial charge in [0.2, 0.25) is 0 Å². The summed E-state index contributed by atoms with van der Waals surface area (Å²) >= 11 is 0. The van der Waals surface area contributed by atoms with E-state index >= 15 is 0 Å². The van der Waals surface area contributed by atoms with E-state index in [2.05, 4.69) is 54.0 Å². The van der Waals surface area contributed by atoms with E-state index < -0.39 is 0 Å². The lowest BCUT2D eigenvalue weighted by atomic mass is 9.76. The van der Waals surface area contributed by atoms with Crippen LogP contribution in [-0.4, -0.2) is 55.3 Å². The predicted octanol–water partition coefficient (Wildman–Crippen LogP) is 1.44. The summed E-state index contributed by atoms with van der Waals surface area (Å²) in [6.45, 7) is 0.